The van der Waals surface area contributed by atoms with Gasteiger partial charge < -0.3 is 14.6 Å². The number of hydrogen-bond donors (Lipinski definition) is 1. The van der Waals surface area contributed by atoms with Gasteiger partial charge in [-0.3, -0.25) is 0 Å². The Labute approximate surface area is 192 Å². The lowest BCUT2D eigenvalue weighted by Crippen LogP contribution is -2.46. The van der Waals surface area contributed by atoms with Crippen LogP contribution in [0.15, 0.2) is 83.9 Å². The Morgan fingerprint density at radius 2 is 1.82 bits per heavy atom. The van der Waals surface area contributed by atoms with Crippen molar-refractivity contribution in [3.8, 4) is 17.4 Å². The summed E-state index contributed by atoms with van der Waals surface area (Å²) >= 11 is 0. The molecule has 1 N–H and O–H groups in total. The van der Waals surface area contributed by atoms with Crippen molar-refractivity contribution in [3.63, 3.8) is 0 Å². The monoisotopic (exact) mass is 436 g/mol. The number of nitrogens with zero attached hydrogens (tertiary/aromatic N) is 2. The van der Waals surface area contributed by atoms with Crippen molar-refractivity contribution in [1.82, 2.24) is 4.98 Å². The van der Waals surface area contributed by atoms with Crippen molar-refractivity contribution in [2.45, 2.75) is 37.8 Å². The molecule has 1 aromatic heterocycles. The minimum Gasteiger partial charge on any atom is -0.506 e. The van der Waals surface area contributed by atoms with E-state index in [9.17, 15) is 5.11 Å². The molecule has 3 aromatic carbocycles. The Morgan fingerprint density at radius 1 is 0.970 bits per heavy atom. The lowest BCUT2D eigenvalue weighted by molar-refractivity contribution is 0.105. The predicted molar refractivity (Wildman–Crippen MR) is 128 cm³/mol. The second-order valence-electron chi connectivity index (χ2n) is 9.25. The van der Waals surface area contributed by atoms with E-state index in [0.717, 1.165) is 17.4 Å². The maximum absolute atomic E-state index is 10.1. The van der Waals surface area contributed by atoms with Crippen molar-refractivity contribution in [1.29, 1.82) is 0 Å². The normalized spacial score (nSPS) is 20.5. The number of ether oxygens (including phenoxy) is 2. The number of aromatic nitrogens is 1. The van der Waals surface area contributed by atoms with Crippen LogP contribution in [0.3, 0.4) is 0 Å². The van der Waals surface area contributed by atoms with Gasteiger partial charge in [-0.05, 0) is 47.9 Å². The number of rotatable bonds is 3. The molecule has 6 rings (SSSR count). The fourth-order valence-corrected chi connectivity index (χ4v) is 5.06. The molecule has 0 saturated heterocycles. The summed E-state index contributed by atoms with van der Waals surface area (Å²) in [7, 11) is 0. The van der Waals surface area contributed by atoms with Gasteiger partial charge in [0.15, 0.2) is 0 Å². The standard InChI is InChI=1S/C28H24N2O3/c1-28(2)21-11-4-3-7-18(21)16-22-26(28)33-27(29-22)19-9-5-10-20(15-19)32-24-14-13-17-8-6-12-23(31)25(17)30-24/h3-15,22,26,31H,16H2,1-2H3/t22-,26-/m0/s1. The van der Waals surface area contributed by atoms with E-state index in [4.69, 9.17) is 14.5 Å². The van der Waals surface area contributed by atoms with E-state index in [1.165, 1.54) is 11.1 Å². The van der Waals surface area contributed by atoms with Crippen LogP contribution in [0.5, 0.6) is 17.4 Å². The number of para-hydroxylation sites is 1. The lowest BCUT2D eigenvalue weighted by atomic mass is 9.69. The van der Waals surface area contributed by atoms with Crippen LogP contribution in [-0.2, 0) is 16.6 Å². The van der Waals surface area contributed by atoms with Crippen molar-refractivity contribution in [2.24, 2.45) is 4.99 Å². The number of aromatic hydroxyl groups is 1. The number of fused-ring (bicyclic) bond motifs is 3. The van der Waals surface area contributed by atoms with E-state index < -0.39 is 0 Å². The second kappa shape index (κ2) is 7.34. The molecule has 1 aliphatic carbocycles. The van der Waals surface area contributed by atoms with Gasteiger partial charge in [0.05, 0.1) is 6.04 Å². The number of phenols is 1. The van der Waals surface area contributed by atoms with Crippen LogP contribution in [0.1, 0.15) is 30.5 Å². The molecule has 5 heteroatoms. The van der Waals surface area contributed by atoms with Crippen LogP contribution < -0.4 is 4.74 Å². The molecule has 5 nitrogen and oxygen atoms in total. The van der Waals surface area contributed by atoms with Crippen LogP contribution >= 0.6 is 0 Å². The SMILES string of the molecule is CC1(C)c2ccccc2C[C@@H]2N=C(c3cccc(Oc4ccc5cccc(O)c5n4)c3)O[C@@H]21. The number of pyridine rings is 1. The average molecular weight is 437 g/mol. The second-order valence-corrected chi connectivity index (χ2v) is 9.25. The van der Waals surface area contributed by atoms with Gasteiger partial charge in [-0.2, -0.15) is 0 Å². The van der Waals surface area contributed by atoms with Gasteiger partial charge in [0.1, 0.15) is 23.1 Å². The minimum absolute atomic E-state index is 0.00268. The number of aliphatic imine (C=N–C) groups is 1. The first-order chi connectivity index (χ1) is 16.0. The molecule has 2 atom stereocenters. The molecule has 0 bridgehead atoms. The molecule has 4 aromatic rings. The summed E-state index contributed by atoms with van der Waals surface area (Å²) in [5.74, 6) is 1.84. The fourth-order valence-electron chi connectivity index (χ4n) is 5.06. The van der Waals surface area contributed by atoms with Crippen LogP contribution in [0, 0.1) is 0 Å². The van der Waals surface area contributed by atoms with E-state index in [1.807, 2.05) is 36.4 Å². The summed E-state index contributed by atoms with van der Waals surface area (Å²) in [4.78, 5) is 9.43. The largest absolute Gasteiger partial charge is 0.506 e. The molecule has 0 spiro atoms. The molecule has 0 unspecified atom stereocenters. The highest BCUT2D eigenvalue weighted by atomic mass is 16.5. The van der Waals surface area contributed by atoms with Crippen LogP contribution in [0.4, 0.5) is 0 Å². The van der Waals surface area contributed by atoms with Gasteiger partial charge in [-0.25, -0.2) is 9.98 Å². The molecule has 1 aliphatic heterocycles. The molecule has 0 fully saturated rings. The summed E-state index contributed by atoms with van der Waals surface area (Å²) in [6.07, 6.45) is 0.881. The lowest BCUT2D eigenvalue weighted by Gasteiger charge is -2.40. The van der Waals surface area contributed by atoms with Crippen molar-refractivity contribution in [2.75, 3.05) is 0 Å². The van der Waals surface area contributed by atoms with Gasteiger partial charge in [0.25, 0.3) is 0 Å². The molecule has 0 saturated carbocycles. The summed E-state index contributed by atoms with van der Waals surface area (Å²) in [6, 6.07) is 25.4. The predicted octanol–water partition coefficient (Wildman–Crippen LogP) is 5.78. The van der Waals surface area contributed by atoms with Gasteiger partial charge in [-0.15, -0.1) is 0 Å². The van der Waals surface area contributed by atoms with Gasteiger partial charge in [-0.1, -0.05) is 56.3 Å². The topological polar surface area (TPSA) is 63.9 Å². The highest BCUT2D eigenvalue weighted by Crippen LogP contribution is 2.43. The van der Waals surface area contributed by atoms with Gasteiger partial charge >= 0.3 is 0 Å². The summed E-state index contributed by atoms with van der Waals surface area (Å²) < 4.78 is 12.5. The minimum atomic E-state index is -0.129. The average Bonchev–Trinajstić information content (AvgIpc) is 3.25. The van der Waals surface area contributed by atoms with E-state index in [0.29, 0.717) is 23.0 Å². The van der Waals surface area contributed by atoms with Crippen LogP contribution in [0.25, 0.3) is 10.9 Å². The number of phenolic OH excluding ortho intramolecular Hbond substituents is 1. The van der Waals surface area contributed by atoms with E-state index >= 15 is 0 Å². The third-order valence-corrected chi connectivity index (χ3v) is 6.70. The molecule has 0 amide bonds. The zero-order chi connectivity index (χ0) is 22.6. The molecule has 164 valence electrons. The number of hydrogen-bond acceptors (Lipinski definition) is 5. The van der Waals surface area contributed by atoms with E-state index in [-0.39, 0.29) is 23.3 Å². The van der Waals surface area contributed by atoms with Gasteiger partial charge in [0, 0.05) is 22.4 Å². The van der Waals surface area contributed by atoms with Crippen molar-refractivity contribution >= 4 is 16.8 Å². The smallest absolute Gasteiger partial charge is 0.219 e. The quantitative estimate of drug-likeness (QED) is 0.442. The summed E-state index contributed by atoms with van der Waals surface area (Å²) in [5, 5.41) is 11.0. The van der Waals surface area contributed by atoms with Crippen molar-refractivity contribution in [3.05, 3.63) is 95.6 Å². The Hall–Kier alpha value is -3.86. The zero-order valence-electron chi connectivity index (χ0n) is 18.5. The number of benzene rings is 3. The Kier molecular flexibility index (Phi) is 4.40. The van der Waals surface area contributed by atoms with E-state index in [1.54, 1.807) is 18.2 Å². The van der Waals surface area contributed by atoms with Crippen molar-refractivity contribution < 1.29 is 14.6 Å². The maximum atomic E-state index is 10.1. The molecule has 2 aliphatic rings. The molecule has 0 radical (unpaired) electrons. The molecular weight excluding hydrogens is 412 g/mol. The molecule has 33 heavy (non-hydrogen) atoms. The molecular formula is C28H24N2O3. The van der Waals surface area contributed by atoms with Gasteiger partial charge in [0.2, 0.25) is 11.8 Å². The Morgan fingerprint density at radius 3 is 2.73 bits per heavy atom. The van der Waals surface area contributed by atoms with Crippen LogP contribution in [-0.4, -0.2) is 28.1 Å². The first kappa shape index (κ1) is 19.8. The highest BCUT2D eigenvalue weighted by Gasteiger charge is 2.47. The third kappa shape index (κ3) is 3.32. The summed E-state index contributed by atoms with van der Waals surface area (Å²) in [6.45, 7) is 4.48. The van der Waals surface area contributed by atoms with Crippen LogP contribution in [0.2, 0.25) is 0 Å². The summed E-state index contributed by atoms with van der Waals surface area (Å²) in [5.41, 5.74) is 3.95. The Bertz CT molecular complexity index is 1410. The first-order valence-electron chi connectivity index (χ1n) is 11.2. The Balaban J connectivity index is 1.28. The third-order valence-electron chi connectivity index (χ3n) is 6.70. The highest BCUT2D eigenvalue weighted by molar-refractivity contribution is 5.96. The first-order valence-corrected chi connectivity index (χ1v) is 11.2. The maximum Gasteiger partial charge on any atom is 0.219 e. The fraction of sp³-hybridized carbons (Fsp3) is 0.214. The molecule has 2 heterocycles. The van der Waals surface area contributed by atoms with E-state index in [2.05, 4.69) is 43.1 Å². The zero-order valence-corrected chi connectivity index (χ0v) is 18.5.